The van der Waals surface area contributed by atoms with Crippen molar-refractivity contribution in [2.24, 2.45) is 0 Å². The lowest BCUT2D eigenvalue weighted by atomic mass is 10.0. The Hall–Kier alpha value is -1.60. The van der Waals surface area contributed by atoms with Gasteiger partial charge in [-0.3, -0.25) is 0 Å². The van der Waals surface area contributed by atoms with Crippen LogP contribution in [0.1, 0.15) is 17.7 Å². The molecular formula is C13H20N4O6. The van der Waals surface area contributed by atoms with Crippen molar-refractivity contribution < 1.29 is 31.3 Å². The summed E-state index contributed by atoms with van der Waals surface area (Å²) in [5.74, 6) is 0. The first-order valence-electron chi connectivity index (χ1n) is 7.08. The smallest absolute Gasteiger partial charge is 0.164 e. The Morgan fingerprint density at radius 3 is 2.43 bits per heavy atom. The first-order chi connectivity index (χ1) is 10.8. The molecule has 0 radical (unpaired) electrons. The molecule has 0 aliphatic carbocycles. The molecule has 23 heavy (non-hydrogen) atoms. The molecule has 4 unspecified atom stereocenters. The van der Waals surface area contributed by atoms with Gasteiger partial charge in [-0.1, -0.05) is 0 Å². The Labute approximate surface area is 131 Å². The second-order valence-corrected chi connectivity index (χ2v) is 5.47. The molecule has 0 fully saturated rings. The van der Waals surface area contributed by atoms with Gasteiger partial charge in [-0.15, -0.1) is 0 Å². The maximum atomic E-state index is 11.4. The van der Waals surface area contributed by atoms with E-state index < -0.39 is 21.7 Å². The summed E-state index contributed by atoms with van der Waals surface area (Å²) in [5, 5.41) is 57.7. The van der Waals surface area contributed by atoms with Crippen molar-refractivity contribution in [2.75, 3.05) is 6.54 Å². The number of nitrogens with one attached hydrogen (secondary N) is 4. The summed E-state index contributed by atoms with van der Waals surface area (Å²) in [6, 6.07) is 3.79. The Morgan fingerprint density at radius 2 is 1.87 bits per heavy atom. The van der Waals surface area contributed by atoms with E-state index >= 15 is 0 Å². The molecule has 4 atom stereocenters. The van der Waals surface area contributed by atoms with Crippen LogP contribution in [-0.2, 0) is 6.42 Å². The van der Waals surface area contributed by atoms with Crippen molar-refractivity contribution in [1.82, 2.24) is 4.98 Å². The largest absolute Gasteiger partial charge is 0.600 e. The fraction of sp³-hybridized carbons (Fsp3) is 0.385. The van der Waals surface area contributed by atoms with Crippen LogP contribution in [0.4, 0.5) is 5.69 Å². The van der Waals surface area contributed by atoms with Crippen molar-refractivity contribution in [2.45, 2.75) is 25.8 Å². The summed E-state index contributed by atoms with van der Waals surface area (Å²) >= 11 is 0. The predicted molar refractivity (Wildman–Crippen MR) is 78.0 cm³/mol. The van der Waals surface area contributed by atoms with E-state index in [9.17, 15) is 20.8 Å². The molecule has 0 bridgehead atoms. The number of hydrogen-bond donors (Lipinski definition) is 7. The van der Waals surface area contributed by atoms with Gasteiger partial charge >= 0.3 is 0 Å². The summed E-state index contributed by atoms with van der Waals surface area (Å²) < 4.78 is 0. The Morgan fingerprint density at radius 1 is 1.17 bits per heavy atom. The lowest BCUT2D eigenvalue weighted by molar-refractivity contribution is -1.08. The summed E-state index contributed by atoms with van der Waals surface area (Å²) in [4.78, 5) is 3.10. The van der Waals surface area contributed by atoms with Gasteiger partial charge in [0.25, 0.3) is 0 Å². The molecule has 0 saturated heterocycles. The standard InChI is InChI=1S/C13H20N4O6/c1-8-11(6-10(17(22)23)4-5-15(18)19)12-7-9(16(20)21)2-3-13(12)14-8/h2-3,7,10,14-18,20,22H,4-6H2,1H3. The zero-order chi connectivity index (χ0) is 17.1. The second-order valence-electron chi connectivity index (χ2n) is 5.47. The van der Waals surface area contributed by atoms with E-state index in [-0.39, 0.29) is 25.1 Å². The second kappa shape index (κ2) is 7.31. The molecule has 2 aromatic rings. The number of hydroxylamine groups is 4. The van der Waals surface area contributed by atoms with Gasteiger partial charge in [0.1, 0.15) is 12.6 Å². The van der Waals surface area contributed by atoms with Crippen LogP contribution >= 0.6 is 0 Å². The number of aryl methyl sites for hydroxylation is 1. The van der Waals surface area contributed by atoms with Gasteiger partial charge in [0.05, 0.1) is 6.42 Å². The summed E-state index contributed by atoms with van der Waals surface area (Å²) in [7, 11) is 0. The normalized spacial score (nSPS) is 17.2. The van der Waals surface area contributed by atoms with E-state index in [1.807, 2.05) is 0 Å². The number of rotatable bonds is 7. The SMILES string of the molecule is Cc1[nH]c2ccc([NH+]([O-])O)cc2c1CC(CC[NH+]([O-])O)[NH+]([O-])O. The molecule has 7 N–H and O–H groups in total. The minimum atomic E-state index is -1.06. The van der Waals surface area contributed by atoms with Crippen LogP contribution in [-0.4, -0.2) is 33.2 Å². The molecule has 1 heterocycles. The summed E-state index contributed by atoms with van der Waals surface area (Å²) in [6.45, 7) is 1.56. The highest BCUT2D eigenvalue weighted by Gasteiger charge is 2.21. The Bertz CT molecular complexity index is 657. The van der Waals surface area contributed by atoms with Crippen LogP contribution in [0, 0.1) is 22.5 Å². The third-order valence-electron chi connectivity index (χ3n) is 3.87. The third-order valence-corrected chi connectivity index (χ3v) is 3.87. The lowest BCUT2D eigenvalue weighted by Crippen LogP contribution is -3.11. The van der Waals surface area contributed by atoms with Crippen LogP contribution in [0.25, 0.3) is 10.9 Å². The van der Waals surface area contributed by atoms with E-state index in [1.54, 1.807) is 13.0 Å². The van der Waals surface area contributed by atoms with Crippen LogP contribution in [0.3, 0.4) is 0 Å². The molecule has 0 aliphatic heterocycles. The molecule has 1 aromatic carbocycles. The van der Waals surface area contributed by atoms with Gasteiger partial charge < -0.3 is 20.6 Å². The van der Waals surface area contributed by atoms with Crippen molar-refractivity contribution in [3.8, 4) is 0 Å². The van der Waals surface area contributed by atoms with Crippen molar-refractivity contribution >= 4 is 16.6 Å². The zero-order valence-electron chi connectivity index (χ0n) is 12.5. The Kier molecular flexibility index (Phi) is 5.64. The van der Waals surface area contributed by atoms with E-state index in [2.05, 4.69) is 4.98 Å². The number of quaternary nitrogens is 3. The lowest BCUT2D eigenvalue weighted by Gasteiger charge is -2.25. The molecule has 0 aliphatic rings. The predicted octanol–water partition coefficient (Wildman–Crippen LogP) is -2.28. The van der Waals surface area contributed by atoms with E-state index in [0.29, 0.717) is 10.9 Å². The van der Waals surface area contributed by atoms with E-state index in [0.717, 1.165) is 11.2 Å². The van der Waals surface area contributed by atoms with Crippen LogP contribution in [0.2, 0.25) is 0 Å². The molecule has 10 nitrogen and oxygen atoms in total. The van der Waals surface area contributed by atoms with E-state index in [1.165, 1.54) is 12.1 Å². The van der Waals surface area contributed by atoms with Crippen molar-refractivity contribution in [1.29, 1.82) is 0 Å². The first-order valence-corrected chi connectivity index (χ1v) is 7.08. The number of hydrogen-bond acceptors (Lipinski definition) is 6. The molecule has 10 heteroatoms. The topological polar surface area (TPSA) is 159 Å². The average molecular weight is 328 g/mol. The zero-order valence-corrected chi connectivity index (χ0v) is 12.5. The fourth-order valence-corrected chi connectivity index (χ4v) is 2.64. The van der Waals surface area contributed by atoms with Gasteiger partial charge in [0.15, 0.2) is 5.69 Å². The highest BCUT2D eigenvalue weighted by Crippen LogP contribution is 2.25. The minimum Gasteiger partial charge on any atom is -0.600 e. The van der Waals surface area contributed by atoms with Gasteiger partial charge in [0, 0.05) is 35.2 Å². The minimum absolute atomic E-state index is 0.0232. The van der Waals surface area contributed by atoms with Gasteiger partial charge in [-0.25, -0.2) is 26.1 Å². The van der Waals surface area contributed by atoms with E-state index in [4.69, 9.17) is 10.4 Å². The van der Waals surface area contributed by atoms with Crippen LogP contribution < -0.4 is 15.7 Å². The molecule has 0 saturated carbocycles. The van der Waals surface area contributed by atoms with Crippen LogP contribution in [0.5, 0.6) is 0 Å². The molecule has 128 valence electrons. The first kappa shape index (κ1) is 17.7. The average Bonchev–Trinajstić information content (AvgIpc) is 2.77. The van der Waals surface area contributed by atoms with Crippen molar-refractivity contribution in [3.05, 3.63) is 45.1 Å². The maximum absolute atomic E-state index is 11.4. The highest BCUT2D eigenvalue weighted by atomic mass is 16.8. The van der Waals surface area contributed by atoms with Gasteiger partial charge in [-0.05, 0) is 18.6 Å². The van der Waals surface area contributed by atoms with Gasteiger partial charge in [0.2, 0.25) is 0 Å². The molecular weight excluding hydrogens is 308 g/mol. The Balaban J connectivity index is 2.32. The fourth-order valence-electron chi connectivity index (χ4n) is 2.64. The van der Waals surface area contributed by atoms with Crippen LogP contribution in [0.15, 0.2) is 18.2 Å². The third kappa shape index (κ3) is 4.23. The molecule has 1 aromatic heterocycles. The van der Waals surface area contributed by atoms with Gasteiger partial charge in [-0.2, -0.15) is 5.23 Å². The number of benzene rings is 1. The molecule has 0 amide bonds. The highest BCUT2D eigenvalue weighted by molar-refractivity contribution is 5.86. The number of H-pyrrole nitrogens is 1. The molecule has 2 rings (SSSR count). The summed E-state index contributed by atoms with van der Waals surface area (Å²) in [6.07, 6.45) is 0.174. The summed E-state index contributed by atoms with van der Waals surface area (Å²) in [5.41, 5.74) is 2.31. The number of aromatic amines is 1. The maximum Gasteiger partial charge on any atom is 0.164 e. The number of aromatic nitrogens is 1. The monoisotopic (exact) mass is 328 g/mol. The number of fused-ring (bicyclic) bond motifs is 1. The quantitative estimate of drug-likeness (QED) is 0.284. The van der Waals surface area contributed by atoms with Crippen molar-refractivity contribution in [3.63, 3.8) is 0 Å². The molecule has 0 spiro atoms.